The topological polar surface area (TPSA) is 49.3 Å². The number of hydrogen-bond donors (Lipinski definition) is 2. The lowest BCUT2D eigenvalue weighted by atomic mass is 9.78. The third-order valence-electron chi connectivity index (χ3n) is 4.09. The van der Waals surface area contributed by atoms with Crippen LogP contribution in [-0.4, -0.2) is 22.1 Å². The quantitative estimate of drug-likeness (QED) is 0.873. The maximum Gasteiger partial charge on any atom is 0.234 e. The van der Waals surface area contributed by atoms with Gasteiger partial charge >= 0.3 is 0 Å². The van der Waals surface area contributed by atoms with Crippen molar-refractivity contribution in [2.75, 3.05) is 5.88 Å². The predicted molar refractivity (Wildman–Crippen MR) is 93.6 cm³/mol. The molecule has 0 aliphatic carbocycles. The van der Waals surface area contributed by atoms with E-state index in [-0.39, 0.29) is 22.0 Å². The molecule has 1 aromatic carbocycles. The Balaban J connectivity index is 2.49. The number of carbonyl (C=O) groups is 1. The van der Waals surface area contributed by atoms with E-state index < -0.39 is 0 Å². The van der Waals surface area contributed by atoms with Crippen LogP contribution in [0.2, 0.25) is 0 Å². The Bertz CT molecular complexity index is 582. The van der Waals surface area contributed by atoms with Crippen LogP contribution in [0.25, 0.3) is 0 Å². The van der Waals surface area contributed by atoms with E-state index in [2.05, 4.69) is 59.0 Å². The summed E-state index contributed by atoms with van der Waals surface area (Å²) in [6.45, 7) is 12.8. The Hall–Kier alpha value is -1.16. The van der Waals surface area contributed by atoms with E-state index in [9.17, 15) is 9.90 Å². The molecule has 1 unspecified atom stereocenters. The first kappa shape index (κ1) is 17.2. The highest BCUT2D eigenvalue weighted by Crippen LogP contribution is 2.39. The second kappa shape index (κ2) is 5.80. The second-order valence-electron chi connectivity index (χ2n) is 8.08. The Morgan fingerprint density at radius 3 is 2.27 bits per heavy atom. The van der Waals surface area contributed by atoms with Gasteiger partial charge in [-0.1, -0.05) is 53.7 Å². The molecule has 1 aliphatic heterocycles. The highest BCUT2D eigenvalue weighted by atomic mass is 32.2. The fourth-order valence-corrected chi connectivity index (χ4v) is 3.57. The van der Waals surface area contributed by atoms with E-state index >= 15 is 0 Å². The number of carbonyl (C=O) groups excluding carboxylic acids is 1. The first-order chi connectivity index (χ1) is 10.00. The summed E-state index contributed by atoms with van der Waals surface area (Å²) >= 11 is 1.61. The number of nitrogens with one attached hydrogen (secondary N) is 1. The van der Waals surface area contributed by atoms with Gasteiger partial charge in [0, 0.05) is 0 Å². The minimum absolute atomic E-state index is 0.00747. The average molecular weight is 321 g/mol. The molecule has 4 heteroatoms. The molecular weight excluding hydrogens is 294 g/mol. The summed E-state index contributed by atoms with van der Waals surface area (Å²) < 4.78 is 0. The average Bonchev–Trinajstić information content (AvgIpc) is 2.74. The number of rotatable bonds is 2. The monoisotopic (exact) mass is 321 g/mol. The van der Waals surface area contributed by atoms with Gasteiger partial charge in [0.15, 0.2) is 0 Å². The Kier molecular flexibility index (Phi) is 4.54. The van der Waals surface area contributed by atoms with E-state index in [0.29, 0.717) is 18.0 Å². The van der Waals surface area contributed by atoms with E-state index in [4.69, 9.17) is 0 Å². The van der Waals surface area contributed by atoms with Gasteiger partial charge in [-0.15, -0.1) is 11.8 Å². The van der Waals surface area contributed by atoms with Crippen LogP contribution in [0.5, 0.6) is 5.75 Å². The third kappa shape index (κ3) is 3.60. The van der Waals surface area contributed by atoms with Crippen molar-refractivity contribution in [2.45, 2.75) is 64.0 Å². The Morgan fingerprint density at radius 2 is 1.82 bits per heavy atom. The highest BCUT2D eigenvalue weighted by molar-refractivity contribution is 8.01. The minimum atomic E-state index is -0.134. The van der Waals surface area contributed by atoms with Gasteiger partial charge in [0.1, 0.15) is 5.75 Å². The molecule has 1 aliphatic rings. The molecule has 0 aromatic heterocycles. The summed E-state index contributed by atoms with van der Waals surface area (Å²) in [5.41, 5.74) is 2.91. The molecule has 0 radical (unpaired) electrons. The summed E-state index contributed by atoms with van der Waals surface area (Å²) in [4.78, 5) is 11.8. The van der Waals surface area contributed by atoms with Crippen molar-refractivity contribution >= 4 is 17.7 Å². The molecule has 0 bridgehead atoms. The lowest BCUT2D eigenvalue weighted by Crippen LogP contribution is -2.25. The second-order valence-corrected chi connectivity index (χ2v) is 9.27. The fraction of sp³-hybridized carbons (Fsp3) is 0.611. The standard InChI is InChI=1S/C18H27NO2S/c1-17(2,3)12-7-11(8-14-16(21)19-10-22-14)15(20)13(9-12)18(4,5)6/h7,9,14,20H,8,10H2,1-6H3,(H,19,21). The van der Waals surface area contributed by atoms with Crippen LogP contribution in [0.1, 0.15) is 58.2 Å². The van der Waals surface area contributed by atoms with Crippen molar-refractivity contribution in [2.24, 2.45) is 0 Å². The predicted octanol–water partition coefficient (Wildman–Crippen LogP) is 3.72. The molecule has 1 heterocycles. The van der Waals surface area contributed by atoms with Crippen molar-refractivity contribution < 1.29 is 9.90 Å². The molecule has 1 saturated heterocycles. The summed E-state index contributed by atoms with van der Waals surface area (Å²) in [5.74, 6) is 1.08. The molecule has 1 aromatic rings. The van der Waals surface area contributed by atoms with Gasteiger partial charge in [0.05, 0.1) is 11.1 Å². The molecule has 1 fully saturated rings. The van der Waals surface area contributed by atoms with Crippen LogP contribution < -0.4 is 5.32 Å². The smallest absolute Gasteiger partial charge is 0.234 e. The fourth-order valence-electron chi connectivity index (χ4n) is 2.61. The SMILES string of the molecule is CC(C)(C)c1cc(CC2SCNC2=O)c(O)c(C(C)(C)C)c1. The van der Waals surface area contributed by atoms with Gasteiger partial charge in [0.25, 0.3) is 0 Å². The lowest BCUT2D eigenvalue weighted by molar-refractivity contribution is -0.119. The van der Waals surface area contributed by atoms with Crippen LogP contribution in [-0.2, 0) is 22.0 Å². The third-order valence-corrected chi connectivity index (χ3v) is 5.19. The molecule has 1 amide bonds. The maximum atomic E-state index is 11.8. The molecule has 1 atom stereocenters. The van der Waals surface area contributed by atoms with Crippen LogP contribution >= 0.6 is 11.8 Å². The zero-order valence-corrected chi connectivity index (χ0v) is 15.2. The first-order valence-corrected chi connectivity index (χ1v) is 8.81. The van der Waals surface area contributed by atoms with Crippen LogP contribution in [0.4, 0.5) is 0 Å². The molecule has 3 nitrogen and oxygen atoms in total. The molecule has 2 N–H and O–H groups in total. The van der Waals surface area contributed by atoms with Crippen molar-refractivity contribution in [1.29, 1.82) is 0 Å². The maximum absolute atomic E-state index is 11.8. The highest BCUT2D eigenvalue weighted by Gasteiger charge is 2.29. The van der Waals surface area contributed by atoms with Crippen LogP contribution in [0, 0.1) is 0 Å². The van der Waals surface area contributed by atoms with Gasteiger partial charge in [-0.3, -0.25) is 4.79 Å². The number of phenols is 1. The largest absolute Gasteiger partial charge is 0.507 e. The van der Waals surface area contributed by atoms with E-state index in [0.717, 1.165) is 11.1 Å². The summed E-state index contributed by atoms with van der Waals surface area (Å²) in [5, 5.41) is 13.5. The zero-order chi connectivity index (χ0) is 16.7. The number of hydrogen-bond acceptors (Lipinski definition) is 3. The van der Waals surface area contributed by atoms with Gasteiger partial charge in [0.2, 0.25) is 5.91 Å². The molecule has 122 valence electrons. The molecule has 0 saturated carbocycles. The lowest BCUT2D eigenvalue weighted by Gasteiger charge is -2.28. The van der Waals surface area contributed by atoms with E-state index in [1.54, 1.807) is 11.8 Å². The molecule has 22 heavy (non-hydrogen) atoms. The first-order valence-electron chi connectivity index (χ1n) is 7.76. The number of benzene rings is 1. The summed E-state index contributed by atoms with van der Waals surface area (Å²) in [7, 11) is 0. The van der Waals surface area contributed by atoms with Crippen LogP contribution in [0.3, 0.4) is 0 Å². The van der Waals surface area contributed by atoms with Crippen molar-refractivity contribution in [3.63, 3.8) is 0 Å². The van der Waals surface area contributed by atoms with Gasteiger partial charge in [-0.2, -0.15) is 0 Å². The van der Waals surface area contributed by atoms with Gasteiger partial charge in [-0.25, -0.2) is 0 Å². The Labute approximate surface area is 137 Å². The number of phenolic OH excluding ortho intramolecular Hbond substituents is 1. The normalized spacial score (nSPS) is 19.4. The van der Waals surface area contributed by atoms with E-state index in [1.807, 2.05) is 0 Å². The van der Waals surface area contributed by atoms with E-state index in [1.165, 1.54) is 5.56 Å². The minimum Gasteiger partial charge on any atom is -0.507 e. The number of aromatic hydroxyl groups is 1. The van der Waals surface area contributed by atoms with Crippen LogP contribution in [0.15, 0.2) is 12.1 Å². The van der Waals surface area contributed by atoms with Crippen molar-refractivity contribution in [1.82, 2.24) is 5.32 Å². The van der Waals surface area contributed by atoms with Gasteiger partial charge in [-0.05, 0) is 33.9 Å². The summed E-state index contributed by atoms with van der Waals surface area (Å²) in [6.07, 6.45) is 0.579. The molecular formula is C18H27NO2S. The molecule has 0 spiro atoms. The molecule has 2 rings (SSSR count). The number of thioether (sulfide) groups is 1. The Morgan fingerprint density at radius 1 is 1.18 bits per heavy atom. The number of amides is 1. The van der Waals surface area contributed by atoms with Gasteiger partial charge < -0.3 is 10.4 Å². The summed E-state index contributed by atoms with van der Waals surface area (Å²) in [6, 6.07) is 4.18. The zero-order valence-electron chi connectivity index (χ0n) is 14.4. The van der Waals surface area contributed by atoms with Crippen molar-refractivity contribution in [3.05, 3.63) is 28.8 Å². The van der Waals surface area contributed by atoms with Crippen molar-refractivity contribution in [3.8, 4) is 5.75 Å².